The van der Waals surface area contributed by atoms with Gasteiger partial charge in [0, 0.05) is 18.1 Å². The molecule has 0 saturated carbocycles. The van der Waals surface area contributed by atoms with Crippen molar-refractivity contribution in [1.82, 2.24) is 9.97 Å². The van der Waals surface area contributed by atoms with Crippen LogP contribution in [0, 0.1) is 19.7 Å². The number of amides is 1. The lowest BCUT2D eigenvalue weighted by molar-refractivity contribution is 0.102. The molecular formula is C19H17FN4O. The van der Waals surface area contributed by atoms with Crippen LogP contribution in [0.3, 0.4) is 0 Å². The number of para-hydroxylation sites is 2. The van der Waals surface area contributed by atoms with Crippen LogP contribution in [-0.2, 0) is 0 Å². The zero-order valence-corrected chi connectivity index (χ0v) is 13.9. The summed E-state index contributed by atoms with van der Waals surface area (Å²) in [5.41, 5.74) is 3.33. The van der Waals surface area contributed by atoms with E-state index in [-0.39, 0.29) is 17.5 Å². The molecule has 3 rings (SSSR count). The molecule has 2 N–H and O–H groups in total. The molecule has 1 aromatic heterocycles. The van der Waals surface area contributed by atoms with Crippen LogP contribution in [0.15, 0.2) is 54.9 Å². The highest BCUT2D eigenvalue weighted by Gasteiger charge is 2.11. The molecule has 0 saturated heterocycles. The number of carbonyl (C=O) groups is 1. The predicted molar refractivity (Wildman–Crippen MR) is 95.6 cm³/mol. The summed E-state index contributed by atoms with van der Waals surface area (Å²) in [7, 11) is 0. The lowest BCUT2D eigenvalue weighted by Crippen LogP contribution is -2.14. The second kappa shape index (κ2) is 7.09. The first-order valence-corrected chi connectivity index (χ1v) is 7.76. The molecule has 0 radical (unpaired) electrons. The second-order valence-corrected chi connectivity index (χ2v) is 5.62. The first-order chi connectivity index (χ1) is 12.0. The van der Waals surface area contributed by atoms with Gasteiger partial charge in [-0.25, -0.2) is 14.4 Å². The average Bonchev–Trinajstić information content (AvgIpc) is 2.61. The summed E-state index contributed by atoms with van der Waals surface area (Å²) in [6.45, 7) is 3.86. The molecule has 5 nitrogen and oxygen atoms in total. The zero-order valence-electron chi connectivity index (χ0n) is 13.9. The van der Waals surface area contributed by atoms with E-state index in [4.69, 9.17) is 0 Å². The molecule has 0 aliphatic heterocycles. The Morgan fingerprint density at radius 3 is 2.24 bits per heavy atom. The molecule has 126 valence electrons. The van der Waals surface area contributed by atoms with Crippen molar-refractivity contribution in [2.75, 3.05) is 10.6 Å². The number of aryl methyl sites for hydroxylation is 2. The molecular weight excluding hydrogens is 319 g/mol. The van der Waals surface area contributed by atoms with Crippen LogP contribution in [0.25, 0.3) is 0 Å². The van der Waals surface area contributed by atoms with E-state index >= 15 is 0 Å². The van der Waals surface area contributed by atoms with Gasteiger partial charge in [0.05, 0.1) is 11.3 Å². The monoisotopic (exact) mass is 336 g/mol. The van der Waals surface area contributed by atoms with Crippen LogP contribution >= 0.6 is 0 Å². The van der Waals surface area contributed by atoms with Gasteiger partial charge in [-0.1, -0.05) is 30.3 Å². The van der Waals surface area contributed by atoms with E-state index in [2.05, 4.69) is 20.6 Å². The Labute approximate surface area is 145 Å². The fourth-order valence-corrected chi connectivity index (χ4v) is 2.39. The highest BCUT2D eigenvalue weighted by molar-refractivity contribution is 6.04. The number of hydrogen-bond acceptors (Lipinski definition) is 4. The second-order valence-electron chi connectivity index (χ2n) is 5.62. The van der Waals surface area contributed by atoms with Gasteiger partial charge in [0.25, 0.3) is 5.91 Å². The molecule has 0 spiro atoms. The lowest BCUT2D eigenvalue weighted by atomic mass is 10.1. The molecule has 0 atom stereocenters. The van der Waals surface area contributed by atoms with Gasteiger partial charge in [0.15, 0.2) is 0 Å². The minimum atomic E-state index is -0.400. The lowest BCUT2D eigenvalue weighted by Gasteiger charge is -2.11. The van der Waals surface area contributed by atoms with E-state index in [1.165, 1.54) is 18.5 Å². The summed E-state index contributed by atoms with van der Waals surface area (Å²) >= 11 is 0. The summed E-state index contributed by atoms with van der Waals surface area (Å²) < 4.78 is 13.6. The highest BCUT2D eigenvalue weighted by Crippen LogP contribution is 2.20. The Hall–Kier alpha value is -3.28. The number of carbonyl (C=O) groups excluding carboxylic acids is 1. The van der Waals surface area contributed by atoms with Crippen LogP contribution in [0.2, 0.25) is 0 Å². The van der Waals surface area contributed by atoms with Gasteiger partial charge in [-0.15, -0.1) is 0 Å². The first-order valence-electron chi connectivity index (χ1n) is 7.76. The van der Waals surface area contributed by atoms with Crippen LogP contribution in [0.4, 0.5) is 21.7 Å². The number of benzene rings is 2. The number of halogens is 1. The molecule has 0 bridgehead atoms. The maximum atomic E-state index is 13.6. The van der Waals surface area contributed by atoms with Gasteiger partial charge in [-0.05, 0) is 37.1 Å². The molecule has 6 heteroatoms. The van der Waals surface area contributed by atoms with Crippen molar-refractivity contribution in [3.05, 3.63) is 77.4 Å². The zero-order chi connectivity index (χ0) is 17.8. The van der Waals surface area contributed by atoms with Gasteiger partial charge in [0.2, 0.25) is 5.95 Å². The predicted octanol–water partition coefficient (Wildman–Crippen LogP) is 4.23. The molecule has 2 aromatic carbocycles. The van der Waals surface area contributed by atoms with Gasteiger partial charge in [-0.3, -0.25) is 4.79 Å². The number of nitrogens with one attached hydrogen (secondary N) is 2. The molecule has 25 heavy (non-hydrogen) atoms. The van der Waals surface area contributed by atoms with Crippen LogP contribution in [0.1, 0.15) is 21.5 Å². The fourth-order valence-electron chi connectivity index (χ4n) is 2.39. The molecule has 1 amide bonds. The van der Waals surface area contributed by atoms with Crippen LogP contribution < -0.4 is 10.6 Å². The minimum absolute atomic E-state index is 0.216. The van der Waals surface area contributed by atoms with E-state index in [1.807, 2.05) is 32.0 Å². The number of anilines is 3. The molecule has 0 aliphatic carbocycles. The Kier molecular flexibility index (Phi) is 4.70. The summed E-state index contributed by atoms with van der Waals surface area (Å²) in [6, 6.07) is 12.0. The van der Waals surface area contributed by atoms with Crippen molar-refractivity contribution in [1.29, 1.82) is 0 Å². The summed E-state index contributed by atoms with van der Waals surface area (Å²) in [4.78, 5) is 20.5. The van der Waals surface area contributed by atoms with Crippen molar-refractivity contribution < 1.29 is 9.18 Å². The van der Waals surface area contributed by atoms with Crippen molar-refractivity contribution in [2.45, 2.75) is 13.8 Å². The average molecular weight is 336 g/mol. The van der Waals surface area contributed by atoms with Gasteiger partial charge >= 0.3 is 0 Å². The first kappa shape index (κ1) is 16.6. The number of rotatable bonds is 4. The van der Waals surface area contributed by atoms with Crippen molar-refractivity contribution in [3.63, 3.8) is 0 Å². The maximum Gasteiger partial charge on any atom is 0.258 e. The molecule has 1 heterocycles. The van der Waals surface area contributed by atoms with Crippen LogP contribution in [0.5, 0.6) is 0 Å². The summed E-state index contributed by atoms with van der Waals surface area (Å²) in [5.74, 6) is -0.480. The number of nitrogens with zero attached hydrogens (tertiary/aromatic N) is 2. The number of hydrogen-bond donors (Lipinski definition) is 2. The van der Waals surface area contributed by atoms with Gasteiger partial charge < -0.3 is 10.6 Å². The maximum absolute atomic E-state index is 13.6. The molecule has 0 unspecified atom stereocenters. The van der Waals surface area contributed by atoms with E-state index < -0.39 is 5.82 Å². The molecule has 0 fully saturated rings. The fraction of sp³-hybridized carbons (Fsp3) is 0.105. The van der Waals surface area contributed by atoms with Gasteiger partial charge in [0.1, 0.15) is 5.82 Å². The Morgan fingerprint density at radius 2 is 1.60 bits per heavy atom. The Balaban J connectivity index is 1.74. The van der Waals surface area contributed by atoms with Crippen molar-refractivity contribution >= 4 is 23.2 Å². The third kappa shape index (κ3) is 3.80. The van der Waals surface area contributed by atoms with Crippen LogP contribution in [-0.4, -0.2) is 15.9 Å². The van der Waals surface area contributed by atoms with E-state index in [0.29, 0.717) is 5.56 Å². The van der Waals surface area contributed by atoms with Crippen molar-refractivity contribution in [2.24, 2.45) is 0 Å². The normalized spacial score (nSPS) is 10.4. The number of aromatic nitrogens is 2. The highest BCUT2D eigenvalue weighted by atomic mass is 19.1. The van der Waals surface area contributed by atoms with Crippen molar-refractivity contribution in [3.8, 4) is 0 Å². The third-order valence-electron chi connectivity index (χ3n) is 3.75. The third-order valence-corrected chi connectivity index (χ3v) is 3.75. The Bertz CT molecular complexity index is 889. The van der Waals surface area contributed by atoms with E-state index in [9.17, 15) is 9.18 Å². The minimum Gasteiger partial charge on any atom is -0.322 e. The quantitative estimate of drug-likeness (QED) is 0.748. The van der Waals surface area contributed by atoms with E-state index in [1.54, 1.807) is 18.2 Å². The SMILES string of the molecule is Cc1cccc(C)c1NC(=O)c1cnc(Nc2ccccc2F)nc1. The topological polar surface area (TPSA) is 66.9 Å². The van der Waals surface area contributed by atoms with Gasteiger partial charge in [-0.2, -0.15) is 0 Å². The Morgan fingerprint density at radius 1 is 0.960 bits per heavy atom. The molecule has 0 aliphatic rings. The molecule has 3 aromatic rings. The smallest absolute Gasteiger partial charge is 0.258 e. The standard InChI is InChI=1S/C19H17FN4O/c1-12-6-5-7-13(2)17(12)24-18(25)14-10-21-19(22-11-14)23-16-9-4-3-8-15(16)20/h3-11H,1-2H3,(H,24,25)(H,21,22,23). The summed E-state index contributed by atoms with van der Waals surface area (Å²) in [5, 5.41) is 5.65. The summed E-state index contributed by atoms with van der Waals surface area (Å²) in [6.07, 6.45) is 2.80. The van der Waals surface area contributed by atoms with E-state index in [0.717, 1.165) is 16.8 Å². The largest absolute Gasteiger partial charge is 0.322 e.